The number of aromatic hydroxyl groups is 1. The lowest BCUT2D eigenvalue weighted by Crippen LogP contribution is -2.53. The third kappa shape index (κ3) is 8.15. The van der Waals surface area contributed by atoms with E-state index >= 15 is 0 Å². The van der Waals surface area contributed by atoms with E-state index in [0.29, 0.717) is 23.2 Å². The zero-order valence-electron chi connectivity index (χ0n) is 23.4. The molecular formula is C29H41N3O5S. The first-order valence-electron chi connectivity index (χ1n) is 12.9. The fourth-order valence-electron chi connectivity index (χ4n) is 4.09. The first-order valence-corrected chi connectivity index (χ1v) is 13.5. The number of benzene rings is 2. The van der Waals surface area contributed by atoms with Crippen molar-refractivity contribution in [2.24, 2.45) is 0 Å². The van der Waals surface area contributed by atoms with Crippen molar-refractivity contribution >= 4 is 36.2 Å². The zero-order valence-corrected chi connectivity index (χ0v) is 24.3. The van der Waals surface area contributed by atoms with Crippen LogP contribution in [-0.2, 0) is 14.3 Å². The molecule has 0 saturated carbocycles. The second-order valence-electron chi connectivity index (χ2n) is 10.4. The molecule has 3 N–H and O–H groups in total. The molecule has 2 aromatic carbocycles. The number of carbonyl (C=O) groups excluding carboxylic acids is 3. The number of nitrogens with zero attached hydrogens (tertiary/aromatic N) is 1. The molecule has 0 aliphatic rings. The van der Waals surface area contributed by atoms with Crippen LogP contribution in [-0.4, -0.2) is 51.9 Å². The fourth-order valence-corrected chi connectivity index (χ4v) is 4.33. The Morgan fingerprint density at radius 2 is 1.61 bits per heavy atom. The van der Waals surface area contributed by atoms with Crippen molar-refractivity contribution in [2.45, 2.75) is 79.0 Å². The van der Waals surface area contributed by atoms with Gasteiger partial charge in [-0.05, 0) is 64.7 Å². The van der Waals surface area contributed by atoms with E-state index in [2.05, 4.69) is 23.3 Å². The number of anilines is 1. The Labute approximate surface area is 231 Å². The van der Waals surface area contributed by atoms with E-state index in [1.165, 1.54) is 4.90 Å². The monoisotopic (exact) mass is 543 g/mol. The topological polar surface area (TPSA) is 108 Å². The molecule has 2 aromatic rings. The molecule has 2 atom stereocenters. The van der Waals surface area contributed by atoms with Gasteiger partial charge in [-0.2, -0.15) is 12.6 Å². The molecule has 0 bridgehead atoms. The predicted octanol–water partition coefficient (Wildman–Crippen LogP) is 5.45. The largest absolute Gasteiger partial charge is 0.507 e. The lowest BCUT2D eigenvalue weighted by Gasteiger charge is -2.34. The van der Waals surface area contributed by atoms with Crippen LogP contribution < -0.4 is 10.6 Å². The van der Waals surface area contributed by atoms with Crippen molar-refractivity contribution in [1.29, 1.82) is 0 Å². The Bertz CT molecular complexity index is 1130. The maximum Gasteiger partial charge on any atom is 0.408 e. The summed E-state index contributed by atoms with van der Waals surface area (Å²) in [5.41, 5.74) is 2.52. The number of carbonyl (C=O) groups is 3. The first kappa shape index (κ1) is 31.0. The van der Waals surface area contributed by atoms with Crippen molar-refractivity contribution in [3.63, 3.8) is 0 Å². The summed E-state index contributed by atoms with van der Waals surface area (Å²) in [6, 6.07) is 8.59. The van der Waals surface area contributed by atoms with Crippen molar-refractivity contribution in [3.05, 3.63) is 58.7 Å². The number of hydrogen-bond acceptors (Lipinski definition) is 6. The number of amides is 3. The minimum Gasteiger partial charge on any atom is -0.507 e. The highest BCUT2D eigenvalue weighted by Crippen LogP contribution is 2.34. The number of rotatable bonds is 10. The summed E-state index contributed by atoms with van der Waals surface area (Å²) in [5, 5.41) is 16.6. The van der Waals surface area contributed by atoms with Crippen LogP contribution in [0.2, 0.25) is 0 Å². The van der Waals surface area contributed by atoms with E-state index in [9.17, 15) is 19.5 Å². The van der Waals surface area contributed by atoms with Gasteiger partial charge in [0.1, 0.15) is 23.4 Å². The van der Waals surface area contributed by atoms with Gasteiger partial charge in [0, 0.05) is 23.5 Å². The molecule has 0 saturated heterocycles. The van der Waals surface area contributed by atoms with E-state index < -0.39 is 35.6 Å². The molecule has 8 nitrogen and oxygen atoms in total. The number of unbranched alkanes of at least 4 members (excludes halogenated alkanes) is 1. The minimum atomic E-state index is -1.16. The maximum atomic E-state index is 14.0. The van der Waals surface area contributed by atoms with Crippen LogP contribution in [0.15, 0.2) is 36.4 Å². The van der Waals surface area contributed by atoms with Crippen LogP contribution in [0.25, 0.3) is 0 Å². The van der Waals surface area contributed by atoms with Crippen LogP contribution in [0, 0.1) is 20.8 Å². The summed E-state index contributed by atoms with van der Waals surface area (Å²) in [7, 11) is 0. The van der Waals surface area contributed by atoms with Gasteiger partial charge in [0.2, 0.25) is 5.91 Å². The summed E-state index contributed by atoms with van der Waals surface area (Å²) in [4.78, 5) is 41.8. The summed E-state index contributed by atoms with van der Waals surface area (Å²) >= 11 is 4.31. The number of aryl methyl sites for hydroxylation is 3. The van der Waals surface area contributed by atoms with Gasteiger partial charge < -0.3 is 25.4 Å². The van der Waals surface area contributed by atoms with Crippen LogP contribution in [0.1, 0.15) is 68.8 Å². The molecule has 3 amide bonds. The molecule has 0 fully saturated rings. The number of phenols is 1. The lowest BCUT2D eigenvalue weighted by atomic mass is 9.98. The Morgan fingerprint density at radius 1 is 1.03 bits per heavy atom. The Balaban J connectivity index is 2.57. The smallest absolute Gasteiger partial charge is 0.408 e. The molecule has 9 heteroatoms. The van der Waals surface area contributed by atoms with Crippen molar-refractivity contribution in [3.8, 4) is 5.75 Å². The van der Waals surface area contributed by atoms with Crippen LogP contribution in [0.3, 0.4) is 0 Å². The number of thiol groups is 1. The van der Waals surface area contributed by atoms with Crippen molar-refractivity contribution in [1.82, 2.24) is 10.2 Å². The van der Waals surface area contributed by atoms with Crippen LogP contribution in [0.5, 0.6) is 5.75 Å². The van der Waals surface area contributed by atoms with Gasteiger partial charge >= 0.3 is 6.09 Å². The third-order valence-electron chi connectivity index (χ3n) is 6.06. The van der Waals surface area contributed by atoms with E-state index in [4.69, 9.17) is 4.74 Å². The predicted molar refractivity (Wildman–Crippen MR) is 154 cm³/mol. The Kier molecular flexibility index (Phi) is 11.1. The molecule has 2 unspecified atom stereocenters. The fraction of sp³-hybridized carbons (Fsp3) is 0.483. The summed E-state index contributed by atoms with van der Waals surface area (Å²) in [5.74, 6) is -1.04. The van der Waals surface area contributed by atoms with Gasteiger partial charge in [-0.15, -0.1) is 0 Å². The maximum absolute atomic E-state index is 14.0. The summed E-state index contributed by atoms with van der Waals surface area (Å²) < 4.78 is 5.34. The summed E-state index contributed by atoms with van der Waals surface area (Å²) in [6.45, 7) is 12.9. The first-order chi connectivity index (χ1) is 17.8. The third-order valence-corrected chi connectivity index (χ3v) is 6.43. The number of phenolic OH excluding ortho intramolecular Hbond substituents is 1. The van der Waals surface area contributed by atoms with Crippen molar-refractivity contribution < 1.29 is 24.2 Å². The van der Waals surface area contributed by atoms with E-state index in [1.807, 2.05) is 39.0 Å². The molecule has 0 spiro atoms. The van der Waals surface area contributed by atoms with E-state index in [1.54, 1.807) is 45.9 Å². The Morgan fingerprint density at radius 3 is 2.16 bits per heavy atom. The average molecular weight is 544 g/mol. The number of hydrogen-bond donors (Lipinski definition) is 4. The minimum absolute atomic E-state index is 0.00819. The number of alkyl carbamates (subject to hydrolysis) is 1. The highest BCUT2D eigenvalue weighted by Gasteiger charge is 2.37. The number of ether oxygens (including phenoxy) is 1. The molecular weight excluding hydrogens is 502 g/mol. The highest BCUT2D eigenvalue weighted by molar-refractivity contribution is 7.80. The normalized spacial score (nSPS) is 12.8. The molecule has 0 heterocycles. The molecule has 0 aliphatic carbocycles. The van der Waals surface area contributed by atoms with Crippen LogP contribution >= 0.6 is 12.6 Å². The van der Waals surface area contributed by atoms with Gasteiger partial charge in [-0.1, -0.05) is 49.7 Å². The SMILES string of the molecule is CCCCN(C(=O)C(CS)NC(=O)OC(C)(C)C)C(C(=O)Nc1c(C)cccc1C)c1cccc(C)c1O. The zero-order chi connectivity index (χ0) is 28.6. The van der Waals surface area contributed by atoms with Gasteiger partial charge in [0.15, 0.2) is 0 Å². The quantitative estimate of drug-likeness (QED) is 0.298. The van der Waals surface area contributed by atoms with Gasteiger partial charge in [-0.25, -0.2) is 4.79 Å². The number of para-hydroxylation sites is 2. The molecule has 208 valence electrons. The molecule has 0 radical (unpaired) electrons. The summed E-state index contributed by atoms with van der Waals surface area (Å²) in [6.07, 6.45) is 0.618. The van der Waals surface area contributed by atoms with E-state index in [-0.39, 0.29) is 18.0 Å². The molecule has 0 aliphatic heterocycles. The Hall–Kier alpha value is -3.20. The molecule has 38 heavy (non-hydrogen) atoms. The number of nitrogens with one attached hydrogen (secondary N) is 2. The van der Waals surface area contributed by atoms with Gasteiger partial charge in [-0.3, -0.25) is 9.59 Å². The van der Waals surface area contributed by atoms with Crippen LogP contribution in [0.4, 0.5) is 10.5 Å². The standard InChI is InChI=1S/C29H41N3O5S/c1-8-9-16-32(27(35)22(17-38)30-28(36)37-29(5,6)7)24(21-15-11-14-20(4)25(21)33)26(34)31-23-18(2)12-10-13-19(23)3/h10-15,22,24,33,38H,8-9,16-17H2,1-7H3,(H,30,36)(H,31,34). The second kappa shape index (κ2) is 13.6. The van der Waals surface area contributed by atoms with Crippen molar-refractivity contribution in [2.75, 3.05) is 17.6 Å². The highest BCUT2D eigenvalue weighted by atomic mass is 32.1. The van der Waals surface area contributed by atoms with E-state index in [0.717, 1.165) is 17.5 Å². The second-order valence-corrected chi connectivity index (χ2v) is 10.8. The van der Waals surface area contributed by atoms with Gasteiger partial charge in [0.05, 0.1) is 0 Å². The molecule has 0 aromatic heterocycles. The molecule has 2 rings (SSSR count). The van der Waals surface area contributed by atoms with Gasteiger partial charge in [0.25, 0.3) is 5.91 Å². The average Bonchev–Trinajstić information content (AvgIpc) is 2.83. The lowest BCUT2D eigenvalue weighted by molar-refractivity contribution is -0.140.